The van der Waals surface area contributed by atoms with Crippen LogP contribution in [0.4, 0.5) is 34.1 Å². The fourth-order valence-corrected chi connectivity index (χ4v) is 3.57. The second-order valence-corrected chi connectivity index (χ2v) is 8.94. The van der Waals surface area contributed by atoms with Gasteiger partial charge in [-0.25, -0.2) is 0 Å². The van der Waals surface area contributed by atoms with Crippen molar-refractivity contribution in [1.82, 2.24) is 0 Å². The maximum atomic E-state index is 10.4. The first-order chi connectivity index (χ1) is 16.2. The Hall–Kier alpha value is -2.91. The molecule has 3 rings (SSSR count). The minimum Gasteiger partial charge on any atom is -0.393 e. The number of nitrogen functional groups attached to an aromatic ring is 3. The number of anilines is 3. The number of hydrogen-bond acceptors (Lipinski definition) is 9. The van der Waals surface area contributed by atoms with Crippen LogP contribution in [0.3, 0.4) is 0 Å². The first-order valence-corrected chi connectivity index (χ1v) is 11.4. The highest BCUT2D eigenvalue weighted by Gasteiger charge is 2.19. The van der Waals surface area contributed by atoms with E-state index < -0.39 is 14.8 Å². The van der Waals surface area contributed by atoms with Crippen LogP contribution in [0.15, 0.2) is 51.4 Å². The van der Waals surface area contributed by atoms with Gasteiger partial charge in [0.05, 0.1) is 14.8 Å². The SMILES string of the molecule is Nc1c(Br)ccc(Cl)c1[N+](=O)[O-].Nc1ccc(Br)c(Cl)c1[N+](=O)[O-].Nc1cccc(Cl)c1[N+](=O)[O-]. The topological polar surface area (TPSA) is 207 Å². The lowest BCUT2D eigenvalue weighted by Gasteiger charge is -2.00. The Morgan fingerprint density at radius 1 is 0.629 bits per heavy atom. The standard InChI is InChI=1S/2C6H4BrClN2O2.C6H5ClN2O2/c7-3-1-2-4(9)6(5(3)8)10(11)12;7-3-1-2-4(8)6(5(3)9)10(11)12;7-4-2-1-3-5(8)6(4)9(10)11/h2*1-2H,9H2;1-3H,8H2. The maximum Gasteiger partial charge on any atom is 0.311 e. The van der Waals surface area contributed by atoms with E-state index in [0.717, 1.165) is 0 Å². The molecule has 35 heavy (non-hydrogen) atoms. The quantitative estimate of drug-likeness (QED) is 0.148. The van der Waals surface area contributed by atoms with Crippen LogP contribution >= 0.6 is 66.7 Å². The summed E-state index contributed by atoms with van der Waals surface area (Å²) < 4.78 is 0.934. The van der Waals surface area contributed by atoms with Gasteiger partial charge in [0.2, 0.25) is 0 Å². The number of rotatable bonds is 3. The molecule has 3 aromatic rings. The third-order valence-corrected chi connectivity index (χ3v) is 6.35. The highest BCUT2D eigenvalue weighted by Crippen LogP contribution is 2.37. The predicted molar refractivity (Wildman–Crippen MR) is 143 cm³/mol. The Bertz CT molecular complexity index is 1210. The van der Waals surface area contributed by atoms with Crippen LogP contribution in [0.2, 0.25) is 15.1 Å². The second kappa shape index (κ2) is 13.3. The van der Waals surface area contributed by atoms with Crippen LogP contribution in [-0.2, 0) is 0 Å². The summed E-state index contributed by atoms with van der Waals surface area (Å²) in [6.45, 7) is 0. The van der Waals surface area contributed by atoms with Crippen molar-refractivity contribution in [3.8, 4) is 0 Å². The van der Waals surface area contributed by atoms with Crippen molar-refractivity contribution in [3.63, 3.8) is 0 Å². The largest absolute Gasteiger partial charge is 0.393 e. The molecule has 17 heteroatoms. The molecule has 3 aromatic carbocycles. The van der Waals surface area contributed by atoms with E-state index in [1.165, 1.54) is 24.3 Å². The number of para-hydroxylation sites is 1. The molecule has 0 bridgehead atoms. The minimum atomic E-state index is -0.609. The molecule has 0 spiro atoms. The van der Waals surface area contributed by atoms with Crippen molar-refractivity contribution in [2.75, 3.05) is 17.2 Å². The summed E-state index contributed by atoms with van der Waals surface area (Å²) in [6, 6.07) is 10.4. The number of nitro benzene ring substituents is 3. The molecule has 0 unspecified atom stereocenters. The van der Waals surface area contributed by atoms with Crippen molar-refractivity contribution >= 4 is 101 Å². The molecule has 0 aromatic heterocycles. The zero-order valence-electron chi connectivity index (χ0n) is 17.0. The van der Waals surface area contributed by atoms with Crippen LogP contribution in [0.25, 0.3) is 0 Å². The monoisotopic (exact) mass is 672 g/mol. The summed E-state index contributed by atoms with van der Waals surface area (Å²) in [5, 5.41) is 31.2. The summed E-state index contributed by atoms with van der Waals surface area (Å²) >= 11 is 22.8. The Balaban J connectivity index is 0.000000263. The summed E-state index contributed by atoms with van der Waals surface area (Å²) in [4.78, 5) is 29.3. The number of nitrogens with zero attached hydrogens (tertiary/aromatic N) is 3. The molecule has 0 aliphatic carbocycles. The minimum absolute atomic E-state index is 0.0278. The summed E-state index contributed by atoms with van der Waals surface area (Å²) in [7, 11) is 0. The second-order valence-electron chi connectivity index (χ2n) is 6.04. The van der Waals surface area contributed by atoms with Gasteiger partial charge in [-0.05, 0) is 68.3 Å². The zero-order valence-corrected chi connectivity index (χ0v) is 22.4. The van der Waals surface area contributed by atoms with Gasteiger partial charge in [-0.1, -0.05) is 40.9 Å². The predicted octanol–water partition coefficient (Wildman–Crippen LogP) is 7.02. The molecule has 0 heterocycles. The number of hydrogen-bond donors (Lipinski definition) is 3. The van der Waals surface area contributed by atoms with Crippen molar-refractivity contribution < 1.29 is 14.8 Å². The van der Waals surface area contributed by atoms with Gasteiger partial charge in [0.15, 0.2) is 0 Å². The number of nitro groups is 3. The maximum absolute atomic E-state index is 10.4. The highest BCUT2D eigenvalue weighted by atomic mass is 79.9. The van der Waals surface area contributed by atoms with Gasteiger partial charge >= 0.3 is 17.1 Å². The Morgan fingerprint density at radius 3 is 1.49 bits per heavy atom. The molecule has 0 saturated heterocycles. The van der Waals surface area contributed by atoms with Crippen LogP contribution in [0.5, 0.6) is 0 Å². The average molecular weight is 676 g/mol. The van der Waals surface area contributed by atoms with Crippen molar-refractivity contribution in [1.29, 1.82) is 0 Å². The van der Waals surface area contributed by atoms with Gasteiger partial charge in [-0.3, -0.25) is 30.3 Å². The third-order valence-electron chi connectivity index (χ3n) is 3.78. The van der Waals surface area contributed by atoms with Crippen molar-refractivity contribution in [2.24, 2.45) is 0 Å². The molecule has 6 N–H and O–H groups in total. The molecular weight excluding hydrogens is 662 g/mol. The average Bonchev–Trinajstić information content (AvgIpc) is 2.74. The lowest BCUT2D eigenvalue weighted by Crippen LogP contribution is -1.96. The van der Waals surface area contributed by atoms with Gasteiger partial charge in [0.1, 0.15) is 32.1 Å². The van der Waals surface area contributed by atoms with E-state index in [9.17, 15) is 30.3 Å². The highest BCUT2D eigenvalue weighted by molar-refractivity contribution is 9.11. The van der Waals surface area contributed by atoms with E-state index in [0.29, 0.717) is 8.95 Å². The van der Waals surface area contributed by atoms with E-state index in [-0.39, 0.29) is 49.2 Å². The lowest BCUT2D eigenvalue weighted by atomic mass is 10.3. The molecule has 0 atom stereocenters. The van der Waals surface area contributed by atoms with Gasteiger partial charge in [0, 0.05) is 8.95 Å². The number of nitrogens with two attached hydrogens (primary N) is 3. The van der Waals surface area contributed by atoms with Gasteiger partial charge in [0.25, 0.3) is 0 Å². The van der Waals surface area contributed by atoms with E-state index in [1.54, 1.807) is 18.2 Å². The first-order valence-electron chi connectivity index (χ1n) is 8.64. The van der Waals surface area contributed by atoms with Gasteiger partial charge in [-0.2, -0.15) is 0 Å². The fourth-order valence-electron chi connectivity index (χ4n) is 2.21. The molecule has 0 fully saturated rings. The summed E-state index contributed by atoms with van der Waals surface area (Å²) in [5.74, 6) is 0. The van der Waals surface area contributed by atoms with Gasteiger partial charge in [-0.15, -0.1) is 0 Å². The molecule has 186 valence electrons. The van der Waals surface area contributed by atoms with Gasteiger partial charge < -0.3 is 17.2 Å². The summed E-state index contributed by atoms with van der Waals surface area (Å²) in [5.41, 5.74) is 15.5. The molecular formula is C18H13Br2Cl3N6O6. The van der Waals surface area contributed by atoms with Crippen molar-refractivity contribution in [3.05, 3.63) is 96.8 Å². The fraction of sp³-hybridized carbons (Fsp3) is 0. The Morgan fingerprint density at radius 2 is 1.09 bits per heavy atom. The zero-order chi connectivity index (χ0) is 27.0. The molecule has 0 radical (unpaired) electrons. The smallest absolute Gasteiger partial charge is 0.311 e. The molecule has 0 aliphatic heterocycles. The Kier molecular flexibility index (Phi) is 11.4. The number of halogens is 5. The normalized spacial score (nSPS) is 9.74. The van der Waals surface area contributed by atoms with Crippen LogP contribution in [0.1, 0.15) is 0 Å². The van der Waals surface area contributed by atoms with E-state index in [2.05, 4.69) is 31.9 Å². The summed E-state index contributed by atoms with van der Waals surface area (Å²) in [6.07, 6.45) is 0. The molecule has 12 nitrogen and oxygen atoms in total. The van der Waals surface area contributed by atoms with E-state index in [1.807, 2.05) is 0 Å². The molecule has 0 aliphatic rings. The van der Waals surface area contributed by atoms with Crippen molar-refractivity contribution in [2.45, 2.75) is 0 Å². The van der Waals surface area contributed by atoms with E-state index >= 15 is 0 Å². The lowest BCUT2D eigenvalue weighted by molar-refractivity contribution is -0.383. The van der Waals surface area contributed by atoms with Crippen LogP contribution in [-0.4, -0.2) is 14.8 Å². The first kappa shape index (κ1) is 30.1. The third kappa shape index (κ3) is 8.07. The molecule has 0 saturated carbocycles. The van der Waals surface area contributed by atoms with Crippen LogP contribution < -0.4 is 17.2 Å². The molecule has 0 amide bonds. The Labute approximate surface area is 228 Å². The van der Waals surface area contributed by atoms with Crippen LogP contribution in [0, 0.1) is 30.3 Å². The van der Waals surface area contributed by atoms with E-state index in [4.69, 9.17) is 52.0 Å². The number of benzene rings is 3.